The minimum absolute atomic E-state index is 0.268. The number of hydrogen-bond acceptors (Lipinski definition) is 6. The van der Waals surface area contributed by atoms with Gasteiger partial charge in [-0.15, -0.1) is 0 Å². The Balaban J connectivity index is 1.21. The monoisotopic (exact) mass is 424 g/mol. The maximum absolute atomic E-state index is 12.2. The largest absolute Gasteiger partial charge is 0.494 e. The Morgan fingerprint density at radius 2 is 1.74 bits per heavy atom. The minimum atomic E-state index is -0.292. The van der Waals surface area contributed by atoms with Crippen LogP contribution in [0.15, 0.2) is 58.6 Å². The van der Waals surface area contributed by atoms with E-state index in [-0.39, 0.29) is 11.2 Å². The quantitative estimate of drug-likeness (QED) is 0.524. The van der Waals surface area contributed by atoms with Crippen LogP contribution in [0.3, 0.4) is 0 Å². The van der Waals surface area contributed by atoms with Crippen LogP contribution in [0, 0.1) is 0 Å². The Hall–Kier alpha value is -3.33. The van der Waals surface area contributed by atoms with Gasteiger partial charge in [0.25, 0.3) is 5.56 Å². The first-order chi connectivity index (χ1) is 15.0. The van der Waals surface area contributed by atoms with E-state index in [1.165, 1.54) is 7.05 Å². The van der Waals surface area contributed by atoms with Gasteiger partial charge < -0.3 is 14.2 Å². The highest BCUT2D eigenvalue weighted by atomic mass is 16.5. The molecular weight excluding hydrogens is 396 g/mol. The Labute approximate surface area is 180 Å². The predicted molar refractivity (Wildman–Crippen MR) is 119 cm³/mol. The number of anilines is 1. The standard InChI is InChI=1S/C22H28N6O3/c1-24-20(16-21(29)25(2)22(24)30)27-13-11-26(12-14-27)9-3-15-31-19-6-4-18(5-7-19)28-10-8-23-17-28/h4-8,10,16-17H,3,9,11-15H2,1-2H3. The lowest BCUT2D eigenvalue weighted by atomic mass is 10.3. The smallest absolute Gasteiger partial charge is 0.332 e. The maximum Gasteiger partial charge on any atom is 0.332 e. The summed E-state index contributed by atoms with van der Waals surface area (Å²) in [4.78, 5) is 32.7. The molecule has 1 aliphatic rings. The molecule has 2 aromatic heterocycles. The average molecular weight is 425 g/mol. The molecule has 1 aliphatic heterocycles. The molecule has 0 spiro atoms. The van der Waals surface area contributed by atoms with Gasteiger partial charge in [0.15, 0.2) is 0 Å². The first-order valence-electron chi connectivity index (χ1n) is 10.5. The highest BCUT2D eigenvalue weighted by Gasteiger charge is 2.20. The third-order valence-corrected chi connectivity index (χ3v) is 5.72. The van der Waals surface area contributed by atoms with Gasteiger partial charge in [0.2, 0.25) is 0 Å². The molecule has 0 unspecified atom stereocenters. The summed E-state index contributed by atoms with van der Waals surface area (Å²) < 4.78 is 10.5. The topological polar surface area (TPSA) is 77.5 Å². The van der Waals surface area contributed by atoms with E-state index in [1.54, 1.807) is 30.2 Å². The highest BCUT2D eigenvalue weighted by Crippen LogP contribution is 2.16. The van der Waals surface area contributed by atoms with Gasteiger partial charge in [-0.05, 0) is 30.7 Å². The van der Waals surface area contributed by atoms with Crippen LogP contribution in [0.1, 0.15) is 6.42 Å². The molecule has 0 N–H and O–H groups in total. The molecule has 4 rings (SSSR count). The van der Waals surface area contributed by atoms with Crippen molar-refractivity contribution in [1.82, 2.24) is 23.6 Å². The van der Waals surface area contributed by atoms with E-state index in [1.807, 2.05) is 35.0 Å². The number of benzene rings is 1. The van der Waals surface area contributed by atoms with Gasteiger partial charge >= 0.3 is 5.69 Å². The fourth-order valence-electron chi connectivity index (χ4n) is 3.83. The fraction of sp³-hybridized carbons (Fsp3) is 0.409. The van der Waals surface area contributed by atoms with E-state index >= 15 is 0 Å². The van der Waals surface area contributed by atoms with Crippen molar-refractivity contribution in [3.8, 4) is 11.4 Å². The van der Waals surface area contributed by atoms with Crippen LogP contribution in [0.4, 0.5) is 5.82 Å². The van der Waals surface area contributed by atoms with Crippen LogP contribution < -0.4 is 20.9 Å². The van der Waals surface area contributed by atoms with Crippen molar-refractivity contribution in [2.45, 2.75) is 6.42 Å². The Morgan fingerprint density at radius 1 is 1.00 bits per heavy atom. The third-order valence-electron chi connectivity index (χ3n) is 5.72. The van der Waals surface area contributed by atoms with Crippen molar-refractivity contribution in [2.24, 2.45) is 14.1 Å². The molecule has 0 saturated carbocycles. The van der Waals surface area contributed by atoms with Crippen LogP contribution in [0.2, 0.25) is 0 Å². The molecule has 0 bridgehead atoms. The minimum Gasteiger partial charge on any atom is -0.494 e. The molecule has 0 radical (unpaired) electrons. The van der Waals surface area contributed by atoms with E-state index in [0.717, 1.165) is 55.1 Å². The van der Waals surface area contributed by atoms with E-state index < -0.39 is 0 Å². The van der Waals surface area contributed by atoms with Gasteiger partial charge in [-0.3, -0.25) is 18.8 Å². The van der Waals surface area contributed by atoms with Gasteiger partial charge in [-0.1, -0.05) is 0 Å². The number of imidazole rings is 1. The lowest BCUT2D eigenvalue weighted by Crippen LogP contribution is -2.49. The Kier molecular flexibility index (Phi) is 6.22. The van der Waals surface area contributed by atoms with E-state index in [4.69, 9.17) is 4.74 Å². The number of ether oxygens (including phenoxy) is 1. The Morgan fingerprint density at radius 3 is 2.42 bits per heavy atom. The van der Waals surface area contributed by atoms with Gasteiger partial charge in [-0.25, -0.2) is 9.78 Å². The molecule has 3 heterocycles. The number of nitrogens with zero attached hydrogens (tertiary/aromatic N) is 6. The molecule has 1 fully saturated rings. The number of aromatic nitrogens is 4. The summed E-state index contributed by atoms with van der Waals surface area (Å²) in [6.45, 7) is 4.98. The first-order valence-corrected chi connectivity index (χ1v) is 10.5. The molecule has 1 aromatic carbocycles. The molecule has 0 aliphatic carbocycles. The zero-order valence-corrected chi connectivity index (χ0v) is 18.0. The summed E-state index contributed by atoms with van der Waals surface area (Å²) in [5.74, 6) is 1.55. The van der Waals surface area contributed by atoms with Gasteiger partial charge in [0.05, 0.1) is 12.9 Å². The predicted octanol–water partition coefficient (Wildman–Crippen LogP) is 0.861. The van der Waals surface area contributed by atoms with Crippen molar-refractivity contribution in [1.29, 1.82) is 0 Å². The third kappa shape index (κ3) is 4.72. The van der Waals surface area contributed by atoms with Crippen LogP contribution in [0.5, 0.6) is 5.75 Å². The maximum atomic E-state index is 12.2. The SMILES string of the molecule is Cn1c(N2CCN(CCCOc3ccc(-n4ccnc4)cc3)CC2)cc(=O)n(C)c1=O. The molecular formula is C22H28N6O3. The van der Waals surface area contributed by atoms with Gasteiger partial charge in [0, 0.05) is 71.0 Å². The lowest BCUT2D eigenvalue weighted by molar-refractivity contribution is 0.224. The van der Waals surface area contributed by atoms with Crippen LogP contribution in [-0.2, 0) is 14.1 Å². The molecule has 9 heteroatoms. The second-order valence-corrected chi connectivity index (χ2v) is 7.74. The van der Waals surface area contributed by atoms with Crippen molar-refractivity contribution < 1.29 is 4.74 Å². The zero-order chi connectivity index (χ0) is 21.8. The first kappa shape index (κ1) is 20.9. The lowest BCUT2D eigenvalue weighted by Gasteiger charge is -2.36. The van der Waals surface area contributed by atoms with Crippen LogP contribution in [-0.4, -0.2) is 62.9 Å². The molecule has 0 amide bonds. The summed E-state index contributed by atoms with van der Waals surface area (Å²) in [5.41, 5.74) is 0.493. The summed E-state index contributed by atoms with van der Waals surface area (Å²) in [5, 5.41) is 0. The van der Waals surface area contributed by atoms with E-state index in [2.05, 4.69) is 14.8 Å². The van der Waals surface area contributed by atoms with Crippen LogP contribution in [0.25, 0.3) is 5.69 Å². The van der Waals surface area contributed by atoms with Crippen LogP contribution >= 0.6 is 0 Å². The number of piperazine rings is 1. The van der Waals surface area contributed by atoms with Crippen molar-refractivity contribution in [2.75, 3.05) is 44.2 Å². The number of rotatable bonds is 7. The molecule has 0 atom stereocenters. The second-order valence-electron chi connectivity index (χ2n) is 7.74. The van der Waals surface area contributed by atoms with Crippen molar-refractivity contribution >= 4 is 5.82 Å². The zero-order valence-electron chi connectivity index (χ0n) is 18.0. The Bertz CT molecular complexity index is 1110. The summed E-state index contributed by atoms with van der Waals surface area (Å²) in [6.07, 6.45) is 6.37. The normalized spacial score (nSPS) is 14.7. The fourth-order valence-corrected chi connectivity index (χ4v) is 3.83. The summed E-state index contributed by atoms with van der Waals surface area (Å²) in [7, 11) is 3.21. The second kappa shape index (κ2) is 9.22. The van der Waals surface area contributed by atoms with Gasteiger partial charge in [0.1, 0.15) is 11.6 Å². The molecule has 1 saturated heterocycles. The van der Waals surface area contributed by atoms with Gasteiger partial charge in [-0.2, -0.15) is 0 Å². The summed E-state index contributed by atoms with van der Waals surface area (Å²) in [6, 6.07) is 9.52. The van der Waals surface area contributed by atoms with Crippen molar-refractivity contribution in [3.05, 3.63) is 69.9 Å². The van der Waals surface area contributed by atoms with E-state index in [0.29, 0.717) is 12.4 Å². The molecule has 9 nitrogen and oxygen atoms in total. The summed E-state index contributed by atoms with van der Waals surface area (Å²) >= 11 is 0. The number of hydrogen-bond donors (Lipinski definition) is 0. The molecule has 164 valence electrons. The molecule has 31 heavy (non-hydrogen) atoms. The molecule has 3 aromatic rings. The highest BCUT2D eigenvalue weighted by molar-refractivity contribution is 5.39. The van der Waals surface area contributed by atoms with E-state index in [9.17, 15) is 9.59 Å². The van der Waals surface area contributed by atoms with Crippen molar-refractivity contribution in [3.63, 3.8) is 0 Å². The average Bonchev–Trinajstić information content (AvgIpc) is 3.34.